The highest BCUT2D eigenvalue weighted by atomic mass is 19.1. The van der Waals surface area contributed by atoms with Crippen molar-refractivity contribution < 1.29 is 9.13 Å². The van der Waals surface area contributed by atoms with Gasteiger partial charge in [-0.05, 0) is 43.5 Å². The van der Waals surface area contributed by atoms with E-state index in [1.54, 1.807) is 12.1 Å². The molecule has 1 aromatic rings. The molecule has 1 fully saturated rings. The van der Waals surface area contributed by atoms with Crippen LogP contribution < -0.4 is 10.6 Å². The summed E-state index contributed by atoms with van der Waals surface area (Å²) in [4.78, 5) is 6.50. The first kappa shape index (κ1) is 13.4. The third-order valence-corrected chi connectivity index (χ3v) is 4.31. The minimum Gasteiger partial charge on any atom is -0.378 e. The molecular formula is C15H20FN3O. The third kappa shape index (κ3) is 2.16. The number of nitrogens with two attached hydrogens (primary N) is 1. The van der Waals surface area contributed by atoms with Crippen LogP contribution in [0, 0.1) is 5.82 Å². The predicted molar refractivity (Wildman–Crippen MR) is 77.4 cm³/mol. The molecule has 5 heteroatoms. The Labute approximate surface area is 118 Å². The van der Waals surface area contributed by atoms with Crippen LogP contribution in [0.1, 0.15) is 26.2 Å². The summed E-state index contributed by atoms with van der Waals surface area (Å²) in [5, 5.41) is 0. The number of nitrogens with zero attached hydrogens (tertiary/aromatic N) is 2. The Morgan fingerprint density at radius 2 is 2.20 bits per heavy atom. The van der Waals surface area contributed by atoms with E-state index in [-0.39, 0.29) is 17.5 Å². The molecule has 1 aromatic carbocycles. The van der Waals surface area contributed by atoms with Crippen molar-refractivity contribution in [1.29, 1.82) is 0 Å². The molecule has 2 atom stereocenters. The van der Waals surface area contributed by atoms with Gasteiger partial charge in [0.2, 0.25) is 0 Å². The highest BCUT2D eigenvalue weighted by Crippen LogP contribution is 2.38. The molecule has 0 radical (unpaired) electrons. The van der Waals surface area contributed by atoms with E-state index in [4.69, 9.17) is 10.5 Å². The normalized spacial score (nSPS) is 29.8. The number of ether oxygens (including phenoxy) is 1. The van der Waals surface area contributed by atoms with Crippen LogP contribution in [0.3, 0.4) is 0 Å². The summed E-state index contributed by atoms with van der Waals surface area (Å²) in [7, 11) is 0. The summed E-state index contributed by atoms with van der Waals surface area (Å²) in [5.41, 5.74) is 6.88. The van der Waals surface area contributed by atoms with Gasteiger partial charge in [-0.1, -0.05) is 6.92 Å². The van der Waals surface area contributed by atoms with Crippen molar-refractivity contribution in [1.82, 2.24) is 0 Å². The van der Waals surface area contributed by atoms with Gasteiger partial charge in [-0.15, -0.1) is 0 Å². The Balaban J connectivity index is 1.93. The molecule has 3 rings (SSSR count). The lowest BCUT2D eigenvalue weighted by Gasteiger charge is -2.44. The maximum atomic E-state index is 13.1. The van der Waals surface area contributed by atoms with E-state index in [9.17, 15) is 4.39 Å². The number of halogens is 1. The second kappa shape index (κ2) is 5.05. The van der Waals surface area contributed by atoms with E-state index in [2.05, 4.69) is 16.8 Å². The van der Waals surface area contributed by atoms with Crippen LogP contribution >= 0.6 is 0 Å². The largest absolute Gasteiger partial charge is 0.378 e. The molecule has 0 aliphatic carbocycles. The number of anilines is 1. The summed E-state index contributed by atoms with van der Waals surface area (Å²) in [5.74, 6) is 0.282. The van der Waals surface area contributed by atoms with Gasteiger partial charge in [-0.3, -0.25) is 4.99 Å². The van der Waals surface area contributed by atoms with Crippen molar-refractivity contribution in [3.05, 3.63) is 30.1 Å². The zero-order valence-corrected chi connectivity index (χ0v) is 11.7. The van der Waals surface area contributed by atoms with Crippen molar-refractivity contribution in [3.8, 4) is 0 Å². The van der Waals surface area contributed by atoms with Gasteiger partial charge < -0.3 is 15.4 Å². The van der Waals surface area contributed by atoms with Crippen molar-refractivity contribution in [2.75, 3.05) is 18.1 Å². The van der Waals surface area contributed by atoms with E-state index >= 15 is 0 Å². The smallest absolute Gasteiger partial charge is 0.196 e. The fourth-order valence-corrected chi connectivity index (χ4v) is 3.22. The number of hydrogen-bond acceptors (Lipinski definition) is 4. The van der Waals surface area contributed by atoms with Gasteiger partial charge in [0.15, 0.2) is 5.96 Å². The summed E-state index contributed by atoms with van der Waals surface area (Å²) in [6.45, 7) is 3.54. The predicted octanol–water partition coefficient (Wildman–Crippen LogP) is 2.29. The fraction of sp³-hybridized carbons (Fsp3) is 0.533. The Morgan fingerprint density at radius 3 is 2.90 bits per heavy atom. The Morgan fingerprint density at radius 1 is 1.45 bits per heavy atom. The van der Waals surface area contributed by atoms with Crippen LogP contribution in [-0.4, -0.2) is 30.8 Å². The van der Waals surface area contributed by atoms with Crippen LogP contribution in [0.15, 0.2) is 29.3 Å². The molecule has 2 aliphatic rings. The molecule has 0 saturated carbocycles. The minimum atomic E-state index is -0.240. The molecule has 0 amide bonds. The van der Waals surface area contributed by atoms with Crippen LogP contribution in [0.4, 0.5) is 10.1 Å². The maximum absolute atomic E-state index is 13.1. The van der Waals surface area contributed by atoms with Gasteiger partial charge in [0.1, 0.15) is 5.82 Å². The highest BCUT2D eigenvalue weighted by molar-refractivity contribution is 5.98. The first-order chi connectivity index (χ1) is 9.64. The maximum Gasteiger partial charge on any atom is 0.196 e. The monoisotopic (exact) mass is 277 g/mol. The van der Waals surface area contributed by atoms with Gasteiger partial charge in [-0.2, -0.15) is 0 Å². The molecule has 0 bridgehead atoms. The van der Waals surface area contributed by atoms with E-state index in [0.717, 1.165) is 31.6 Å². The first-order valence-electron chi connectivity index (χ1n) is 7.12. The topological polar surface area (TPSA) is 50.9 Å². The van der Waals surface area contributed by atoms with Gasteiger partial charge in [0.25, 0.3) is 0 Å². The zero-order valence-electron chi connectivity index (χ0n) is 11.7. The SMILES string of the molecule is CCC1CC2(CCO1)CN=C(N)N2c1ccc(F)cc1. The van der Waals surface area contributed by atoms with Gasteiger partial charge >= 0.3 is 0 Å². The lowest BCUT2D eigenvalue weighted by molar-refractivity contribution is -0.0151. The second-order valence-corrected chi connectivity index (χ2v) is 5.57. The van der Waals surface area contributed by atoms with E-state index in [0.29, 0.717) is 12.5 Å². The highest BCUT2D eigenvalue weighted by Gasteiger charge is 2.46. The van der Waals surface area contributed by atoms with Crippen molar-refractivity contribution in [3.63, 3.8) is 0 Å². The standard InChI is InChI=1S/C15H20FN3O/c1-2-13-9-15(7-8-20-13)10-18-14(17)19(15)12-5-3-11(16)4-6-12/h3-6,13H,2,7-10H2,1H3,(H2,17,18). The molecule has 2 heterocycles. The third-order valence-electron chi connectivity index (χ3n) is 4.31. The molecule has 2 unspecified atom stereocenters. The molecule has 4 nitrogen and oxygen atoms in total. The molecule has 1 saturated heterocycles. The molecule has 0 aromatic heterocycles. The average Bonchev–Trinajstić information content (AvgIpc) is 2.77. The first-order valence-corrected chi connectivity index (χ1v) is 7.12. The van der Waals surface area contributed by atoms with Crippen LogP contribution in [-0.2, 0) is 4.74 Å². The minimum absolute atomic E-state index is 0.110. The Bertz CT molecular complexity index is 516. The molecule has 20 heavy (non-hydrogen) atoms. The van der Waals surface area contributed by atoms with Gasteiger partial charge in [0.05, 0.1) is 18.2 Å². The van der Waals surface area contributed by atoms with Crippen molar-refractivity contribution in [2.24, 2.45) is 10.7 Å². The van der Waals surface area contributed by atoms with Crippen LogP contribution in [0.5, 0.6) is 0 Å². The second-order valence-electron chi connectivity index (χ2n) is 5.57. The quantitative estimate of drug-likeness (QED) is 0.902. The summed E-state index contributed by atoms with van der Waals surface area (Å²) >= 11 is 0. The zero-order chi connectivity index (χ0) is 14.2. The number of aliphatic imine (C=N–C) groups is 1. The Hall–Kier alpha value is -1.62. The van der Waals surface area contributed by atoms with Crippen molar-refractivity contribution >= 4 is 11.6 Å². The fourth-order valence-electron chi connectivity index (χ4n) is 3.22. The molecular weight excluding hydrogens is 257 g/mol. The summed E-state index contributed by atoms with van der Waals surface area (Å²) < 4.78 is 18.9. The van der Waals surface area contributed by atoms with Crippen LogP contribution in [0.2, 0.25) is 0 Å². The van der Waals surface area contributed by atoms with E-state index in [1.165, 1.54) is 12.1 Å². The van der Waals surface area contributed by atoms with Crippen LogP contribution in [0.25, 0.3) is 0 Å². The van der Waals surface area contributed by atoms with Crippen molar-refractivity contribution in [2.45, 2.75) is 37.8 Å². The van der Waals surface area contributed by atoms with Gasteiger partial charge in [-0.25, -0.2) is 4.39 Å². The Kier molecular flexibility index (Phi) is 3.38. The summed E-state index contributed by atoms with van der Waals surface area (Å²) in [6, 6.07) is 6.46. The molecule has 108 valence electrons. The number of benzene rings is 1. The van der Waals surface area contributed by atoms with Gasteiger partial charge in [0, 0.05) is 12.3 Å². The molecule has 2 aliphatic heterocycles. The molecule has 2 N–H and O–H groups in total. The van der Waals surface area contributed by atoms with E-state index < -0.39 is 0 Å². The molecule has 1 spiro atoms. The number of hydrogen-bond donors (Lipinski definition) is 1. The average molecular weight is 277 g/mol. The number of guanidine groups is 1. The lowest BCUT2D eigenvalue weighted by atomic mass is 9.84. The number of rotatable bonds is 2. The lowest BCUT2D eigenvalue weighted by Crippen LogP contribution is -2.56. The van der Waals surface area contributed by atoms with E-state index in [1.807, 2.05) is 0 Å². The summed E-state index contributed by atoms with van der Waals surface area (Å²) in [6.07, 6.45) is 3.03.